The number of nitrogens with two attached hydrogens (primary N) is 1. The molecule has 0 saturated carbocycles. The number of benzene rings is 1. The van der Waals surface area contributed by atoms with E-state index >= 15 is 0 Å². The lowest BCUT2D eigenvalue weighted by Gasteiger charge is -2.09. The first-order chi connectivity index (χ1) is 11.3. The van der Waals surface area contributed by atoms with Crippen molar-refractivity contribution < 1.29 is 14.7 Å². The lowest BCUT2D eigenvalue weighted by molar-refractivity contribution is -0.138. The van der Waals surface area contributed by atoms with Crippen molar-refractivity contribution in [1.82, 2.24) is 4.98 Å². The number of aliphatic carboxylic acids is 1. The van der Waals surface area contributed by atoms with Crippen molar-refractivity contribution in [2.45, 2.75) is 33.1 Å². The normalized spacial score (nSPS) is 11.3. The SMILES string of the molecule is CC(C)Cc1ccc(C(C)C(=O)O)cc1.NC(=O)c1cccnc1. The minimum atomic E-state index is -0.772. The molecule has 3 N–H and O–H groups in total. The van der Waals surface area contributed by atoms with Crippen LogP contribution in [0.25, 0.3) is 0 Å². The van der Waals surface area contributed by atoms with Gasteiger partial charge in [0.25, 0.3) is 0 Å². The summed E-state index contributed by atoms with van der Waals surface area (Å²) < 4.78 is 0. The molecule has 1 aromatic heterocycles. The molecule has 0 aliphatic carbocycles. The first-order valence-electron chi connectivity index (χ1n) is 7.82. The fourth-order valence-corrected chi connectivity index (χ4v) is 2.06. The van der Waals surface area contributed by atoms with Crippen LogP contribution in [0.4, 0.5) is 0 Å². The average Bonchev–Trinajstić information content (AvgIpc) is 2.55. The number of hydrogen-bond acceptors (Lipinski definition) is 3. The van der Waals surface area contributed by atoms with Gasteiger partial charge >= 0.3 is 5.97 Å². The number of hydrogen-bond donors (Lipinski definition) is 2. The lowest BCUT2D eigenvalue weighted by atomic mass is 9.97. The number of carboxylic acid groups (broad SMARTS) is 1. The van der Waals surface area contributed by atoms with Crippen molar-refractivity contribution in [2.24, 2.45) is 11.7 Å². The Morgan fingerprint density at radius 3 is 2.12 bits per heavy atom. The molecule has 0 aliphatic rings. The molecular formula is C19H24N2O3. The number of pyridine rings is 1. The van der Waals surface area contributed by atoms with E-state index in [1.807, 2.05) is 24.3 Å². The highest BCUT2D eigenvalue weighted by Gasteiger charge is 2.12. The molecule has 1 amide bonds. The zero-order chi connectivity index (χ0) is 18.1. The number of amides is 1. The van der Waals surface area contributed by atoms with Gasteiger partial charge in [0, 0.05) is 12.4 Å². The van der Waals surface area contributed by atoms with Gasteiger partial charge in [-0.25, -0.2) is 0 Å². The van der Waals surface area contributed by atoms with E-state index in [1.54, 1.807) is 25.3 Å². The second-order valence-corrected chi connectivity index (χ2v) is 6.01. The Bertz CT molecular complexity index is 652. The Kier molecular flexibility index (Phi) is 7.62. The third-order valence-electron chi connectivity index (χ3n) is 3.44. The number of nitrogens with zero attached hydrogens (tertiary/aromatic N) is 1. The van der Waals surface area contributed by atoms with Crippen LogP contribution in [-0.2, 0) is 11.2 Å². The van der Waals surface area contributed by atoms with Gasteiger partial charge in [0.15, 0.2) is 0 Å². The van der Waals surface area contributed by atoms with E-state index in [-0.39, 0.29) is 0 Å². The van der Waals surface area contributed by atoms with Crippen LogP contribution in [0, 0.1) is 5.92 Å². The fraction of sp³-hybridized carbons (Fsp3) is 0.316. The van der Waals surface area contributed by atoms with E-state index in [4.69, 9.17) is 10.8 Å². The molecule has 0 spiro atoms. The smallest absolute Gasteiger partial charge is 0.310 e. The number of carbonyl (C=O) groups excluding carboxylic acids is 1. The Balaban J connectivity index is 0.000000272. The predicted octanol–water partition coefficient (Wildman–Crippen LogP) is 3.25. The van der Waals surface area contributed by atoms with Crippen molar-refractivity contribution in [3.63, 3.8) is 0 Å². The molecular weight excluding hydrogens is 304 g/mol. The van der Waals surface area contributed by atoms with Crippen LogP contribution in [0.1, 0.15) is 48.2 Å². The molecule has 0 radical (unpaired) electrons. The third-order valence-corrected chi connectivity index (χ3v) is 3.44. The Hall–Kier alpha value is -2.69. The highest BCUT2D eigenvalue weighted by Crippen LogP contribution is 2.17. The van der Waals surface area contributed by atoms with Crippen LogP contribution in [0.5, 0.6) is 0 Å². The lowest BCUT2D eigenvalue weighted by Crippen LogP contribution is -2.10. The monoisotopic (exact) mass is 328 g/mol. The first-order valence-corrected chi connectivity index (χ1v) is 7.82. The predicted molar refractivity (Wildman–Crippen MR) is 93.8 cm³/mol. The minimum absolute atomic E-state index is 0.418. The van der Waals surface area contributed by atoms with Crippen molar-refractivity contribution in [2.75, 3.05) is 0 Å². The first kappa shape index (κ1) is 19.4. The van der Waals surface area contributed by atoms with Crippen LogP contribution >= 0.6 is 0 Å². The summed E-state index contributed by atoms with van der Waals surface area (Å²) in [6.07, 6.45) is 4.07. The van der Waals surface area contributed by atoms with Gasteiger partial charge in [0.2, 0.25) is 5.91 Å². The number of carboxylic acids is 1. The second kappa shape index (κ2) is 9.45. The van der Waals surface area contributed by atoms with Crippen molar-refractivity contribution in [3.05, 3.63) is 65.5 Å². The zero-order valence-corrected chi connectivity index (χ0v) is 14.3. The van der Waals surface area contributed by atoms with Crippen LogP contribution in [0.3, 0.4) is 0 Å². The molecule has 0 saturated heterocycles. The van der Waals surface area contributed by atoms with Crippen LogP contribution in [0.2, 0.25) is 0 Å². The molecule has 2 aromatic rings. The van der Waals surface area contributed by atoms with Gasteiger partial charge in [-0.2, -0.15) is 0 Å². The number of primary amides is 1. The fourth-order valence-electron chi connectivity index (χ4n) is 2.06. The highest BCUT2D eigenvalue weighted by molar-refractivity contribution is 5.92. The van der Waals surface area contributed by atoms with E-state index in [1.165, 1.54) is 11.8 Å². The van der Waals surface area contributed by atoms with E-state index in [0.29, 0.717) is 11.5 Å². The number of aromatic nitrogens is 1. The molecule has 2 rings (SSSR count). The Morgan fingerprint density at radius 1 is 1.12 bits per heavy atom. The molecule has 5 heteroatoms. The van der Waals surface area contributed by atoms with Crippen molar-refractivity contribution >= 4 is 11.9 Å². The minimum Gasteiger partial charge on any atom is -0.481 e. The summed E-state index contributed by atoms with van der Waals surface area (Å²) in [5.74, 6) is -0.999. The maximum absolute atomic E-state index is 10.8. The molecule has 1 unspecified atom stereocenters. The summed E-state index contributed by atoms with van der Waals surface area (Å²) in [6, 6.07) is 11.2. The molecule has 24 heavy (non-hydrogen) atoms. The summed E-state index contributed by atoms with van der Waals surface area (Å²) >= 11 is 0. The molecule has 1 atom stereocenters. The zero-order valence-electron chi connectivity index (χ0n) is 14.3. The Morgan fingerprint density at radius 2 is 1.75 bits per heavy atom. The summed E-state index contributed by atoms with van der Waals surface area (Å²) in [4.78, 5) is 24.9. The third kappa shape index (κ3) is 6.60. The maximum atomic E-state index is 10.8. The standard InChI is InChI=1S/C13H18O2.C6H6N2O/c1-9(2)8-11-4-6-12(7-5-11)10(3)13(14)15;7-6(9)5-2-1-3-8-4-5/h4-7,9-10H,8H2,1-3H3,(H,14,15);1-4H,(H2,7,9). The Labute approximate surface area is 142 Å². The van der Waals surface area contributed by atoms with Gasteiger partial charge in [0.05, 0.1) is 11.5 Å². The van der Waals surface area contributed by atoms with Crippen molar-refractivity contribution in [3.8, 4) is 0 Å². The quantitative estimate of drug-likeness (QED) is 0.881. The number of carbonyl (C=O) groups is 2. The van der Waals surface area contributed by atoms with Gasteiger partial charge in [-0.1, -0.05) is 38.1 Å². The summed E-state index contributed by atoms with van der Waals surface area (Å²) in [5.41, 5.74) is 7.52. The molecule has 1 aromatic carbocycles. The summed E-state index contributed by atoms with van der Waals surface area (Å²) in [5, 5.41) is 8.85. The van der Waals surface area contributed by atoms with E-state index in [9.17, 15) is 9.59 Å². The molecule has 5 nitrogen and oxygen atoms in total. The summed E-state index contributed by atoms with van der Waals surface area (Å²) in [6.45, 7) is 6.06. The van der Waals surface area contributed by atoms with Gasteiger partial charge in [0.1, 0.15) is 0 Å². The van der Waals surface area contributed by atoms with Gasteiger partial charge in [-0.15, -0.1) is 0 Å². The van der Waals surface area contributed by atoms with Crippen LogP contribution in [0.15, 0.2) is 48.8 Å². The summed E-state index contributed by atoms with van der Waals surface area (Å²) in [7, 11) is 0. The molecule has 1 heterocycles. The van der Waals surface area contributed by atoms with E-state index < -0.39 is 17.8 Å². The molecule has 0 aliphatic heterocycles. The molecule has 128 valence electrons. The van der Waals surface area contributed by atoms with Crippen LogP contribution < -0.4 is 5.73 Å². The largest absolute Gasteiger partial charge is 0.481 e. The van der Waals surface area contributed by atoms with E-state index in [0.717, 1.165) is 12.0 Å². The van der Waals surface area contributed by atoms with Gasteiger partial charge in [-0.3, -0.25) is 14.6 Å². The average molecular weight is 328 g/mol. The van der Waals surface area contributed by atoms with Crippen LogP contribution in [-0.4, -0.2) is 22.0 Å². The number of rotatable bonds is 5. The van der Waals surface area contributed by atoms with Gasteiger partial charge in [-0.05, 0) is 42.5 Å². The molecule has 0 fully saturated rings. The topological polar surface area (TPSA) is 93.3 Å². The molecule has 0 bridgehead atoms. The highest BCUT2D eigenvalue weighted by atomic mass is 16.4. The van der Waals surface area contributed by atoms with Gasteiger partial charge < -0.3 is 10.8 Å². The van der Waals surface area contributed by atoms with E-state index in [2.05, 4.69) is 18.8 Å². The van der Waals surface area contributed by atoms with Crippen molar-refractivity contribution in [1.29, 1.82) is 0 Å². The maximum Gasteiger partial charge on any atom is 0.310 e. The second-order valence-electron chi connectivity index (χ2n) is 6.01.